The van der Waals surface area contributed by atoms with Crippen molar-refractivity contribution >= 4 is 11.8 Å². The molecule has 3 rings (SSSR count). The second kappa shape index (κ2) is 7.04. The summed E-state index contributed by atoms with van der Waals surface area (Å²) in [6.45, 7) is 4.29. The van der Waals surface area contributed by atoms with Gasteiger partial charge in [0.2, 0.25) is 0 Å². The molecule has 0 saturated heterocycles. The molecule has 0 aliphatic heterocycles. The number of halogens is 3. The molecular formula is C21H23F3N2O2. The topological polar surface area (TPSA) is 52.6 Å². The maximum absolute atomic E-state index is 13.4. The Morgan fingerprint density at radius 1 is 1.18 bits per heavy atom. The van der Waals surface area contributed by atoms with E-state index in [4.69, 9.17) is 5.11 Å². The smallest absolute Gasteiger partial charge is 0.413 e. The number of anilines is 1. The number of fused-ring (bicyclic) bond motifs is 1. The maximum atomic E-state index is 13.4. The number of benzene rings is 2. The van der Waals surface area contributed by atoms with Crippen LogP contribution in [0.5, 0.6) is 0 Å². The molecule has 28 heavy (non-hydrogen) atoms. The fourth-order valence-electron chi connectivity index (χ4n) is 3.93. The Balaban J connectivity index is 1.81. The number of hydrogen-bond donors (Lipinski definition) is 2. The predicted molar refractivity (Wildman–Crippen MR) is 102 cm³/mol. The molecule has 0 radical (unpaired) electrons. The minimum atomic E-state index is -4.70. The summed E-state index contributed by atoms with van der Waals surface area (Å²) in [5.74, 6) is 0. The van der Waals surface area contributed by atoms with Gasteiger partial charge < -0.3 is 10.4 Å². The third-order valence-electron chi connectivity index (χ3n) is 5.57. The minimum Gasteiger partial charge on any atom is -0.465 e. The van der Waals surface area contributed by atoms with Gasteiger partial charge in [-0.3, -0.25) is 4.90 Å². The SMILES string of the molecule is CN(C(=O)O)C(c1ccc(NC2Cc3ccccc3C2(C)C)cc1)C(F)(F)F. The number of carboxylic acid groups (broad SMARTS) is 1. The number of nitrogens with one attached hydrogen (secondary N) is 1. The van der Waals surface area contributed by atoms with E-state index in [9.17, 15) is 18.0 Å². The van der Waals surface area contributed by atoms with E-state index >= 15 is 0 Å². The van der Waals surface area contributed by atoms with Gasteiger partial charge in [-0.25, -0.2) is 4.79 Å². The first kappa shape index (κ1) is 20.0. The standard InChI is InChI=1S/C21H23F3N2O2/c1-20(2)16-7-5-4-6-14(16)12-17(20)25-15-10-8-13(9-11-15)18(21(22,23)24)26(3)19(27)28/h4-11,17-18,25H,12H2,1-3H3,(H,27,28). The first-order valence-electron chi connectivity index (χ1n) is 8.99. The zero-order chi connectivity index (χ0) is 20.7. The van der Waals surface area contributed by atoms with Crippen molar-refractivity contribution in [1.82, 2.24) is 4.90 Å². The average Bonchev–Trinajstić information content (AvgIpc) is 2.86. The van der Waals surface area contributed by atoms with Crippen molar-refractivity contribution in [3.63, 3.8) is 0 Å². The zero-order valence-electron chi connectivity index (χ0n) is 15.9. The molecule has 0 heterocycles. The maximum Gasteiger partial charge on any atom is 0.413 e. The second-order valence-electron chi connectivity index (χ2n) is 7.74. The molecule has 0 spiro atoms. The van der Waals surface area contributed by atoms with Crippen LogP contribution in [0.3, 0.4) is 0 Å². The van der Waals surface area contributed by atoms with Crippen LogP contribution in [0.4, 0.5) is 23.7 Å². The van der Waals surface area contributed by atoms with Gasteiger partial charge in [-0.05, 0) is 35.2 Å². The fourth-order valence-corrected chi connectivity index (χ4v) is 3.93. The lowest BCUT2D eigenvalue weighted by molar-refractivity contribution is -0.177. The summed E-state index contributed by atoms with van der Waals surface area (Å²) in [5.41, 5.74) is 3.00. The van der Waals surface area contributed by atoms with E-state index in [1.54, 1.807) is 12.1 Å². The van der Waals surface area contributed by atoms with E-state index < -0.39 is 18.3 Å². The van der Waals surface area contributed by atoms with Crippen LogP contribution in [0.25, 0.3) is 0 Å². The highest BCUT2D eigenvalue weighted by Crippen LogP contribution is 2.41. The average molecular weight is 392 g/mol. The van der Waals surface area contributed by atoms with Crippen LogP contribution < -0.4 is 5.32 Å². The van der Waals surface area contributed by atoms with Crippen molar-refractivity contribution in [3.8, 4) is 0 Å². The van der Waals surface area contributed by atoms with E-state index in [0.29, 0.717) is 5.69 Å². The highest BCUT2D eigenvalue weighted by molar-refractivity contribution is 5.65. The van der Waals surface area contributed by atoms with Crippen molar-refractivity contribution in [1.29, 1.82) is 0 Å². The molecule has 1 amide bonds. The van der Waals surface area contributed by atoms with Crippen LogP contribution in [-0.2, 0) is 11.8 Å². The van der Waals surface area contributed by atoms with Gasteiger partial charge in [-0.15, -0.1) is 0 Å². The molecule has 0 fully saturated rings. The van der Waals surface area contributed by atoms with Gasteiger partial charge in [-0.2, -0.15) is 13.2 Å². The van der Waals surface area contributed by atoms with Crippen molar-refractivity contribution < 1.29 is 23.1 Å². The molecule has 2 N–H and O–H groups in total. The molecule has 2 atom stereocenters. The summed E-state index contributed by atoms with van der Waals surface area (Å²) < 4.78 is 40.1. The molecule has 0 saturated carbocycles. The van der Waals surface area contributed by atoms with Gasteiger partial charge in [0.25, 0.3) is 0 Å². The zero-order valence-corrected chi connectivity index (χ0v) is 15.9. The van der Waals surface area contributed by atoms with Gasteiger partial charge in [0.15, 0.2) is 6.04 Å². The number of hydrogen-bond acceptors (Lipinski definition) is 2. The van der Waals surface area contributed by atoms with Gasteiger partial charge in [0, 0.05) is 24.2 Å². The molecule has 4 nitrogen and oxygen atoms in total. The Labute approximate surface area is 162 Å². The quantitative estimate of drug-likeness (QED) is 0.751. The summed E-state index contributed by atoms with van der Waals surface area (Å²) in [4.78, 5) is 11.3. The molecule has 2 aromatic rings. The molecule has 2 aromatic carbocycles. The van der Waals surface area contributed by atoms with Crippen LogP contribution in [0.15, 0.2) is 48.5 Å². The van der Waals surface area contributed by atoms with Crippen LogP contribution >= 0.6 is 0 Å². The third-order valence-corrected chi connectivity index (χ3v) is 5.57. The van der Waals surface area contributed by atoms with Crippen LogP contribution in [0.1, 0.15) is 36.6 Å². The van der Waals surface area contributed by atoms with Crippen LogP contribution in [-0.4, -0.2) is 35.4 Å². The number of nitrogens with zero attached hydrogens (tertiary/aromatic N) is 1. The van der Waals surface area contributed by atoms with Gasteiger partial charge in [0.05, 0.1) is 0 Å². The predicted octanol–water partition coefficient (Wildman–Crippen LogP) is 5.21. The van der Waals surface area contributed by atoms with Crippen molar-refractivity contribution in [2.45, 2.75) is 43.9 Å². The molecule has 1 aliphatic carbocycles. The normalized spacial score (nSPS) is 19.0. The van der Waals surface area contributed by atoms with Gasteiger partial charge in [0.1, 0.15) is 0 Å². The Kier molecular flexibility index (Phi) is 5.04. The van der Waals surface area contributed by atoms with E-state index in [2.05, 4.69) is 31.3 Å². The number of alkyl halides is 3. The number of rotatable bonds is 4. The van der Waals surface area contributed by atoms with Gasteiger partial charge in [-0.1, -0.05) is 50.2 Å². The Morgan fingerprint density at radius 2 is 1.79 bits per heavy atom. The number of amides is 1. The highest BCUT2D eigenvalue weighted by atomic mass is 19.4. The number of carbonyl (C=O) groups is 1. The molecule has 1 aliphatic rings. The third kappa shape index (κ3) is 3.66. The van der Waals surface area contributed by atoms with E-state index in [1.165, 1.54) is 23.3 Å². The Morgan fingerprint density at radius 3 is 2.32 bits per heavy atom. The molecule has 0 aromatic heterocycles. The lowest BCUT2D eigenvalue weighted by Gasteiger charge is -2.30. The molecule has 7 heteroatoms. The van der Waals surface area contributed by atoms with Crippen molar-refractivity contribution in [2.75, 3.05) is 12.4 Å². The summed E-state index contributed by atoms with van der Waals surface area (Å²) in [5, 5.41) is 12.4. The Bertz CT molecular complexity index is 863. The molecule has 2 unspecified atom stereocenters. The second-order valence-corrected chi connectivity index (χ2v) is 7.74. The van der Waals surface area contributed by atoms with E-state index in [-0.39, 0.29) is 21.9 Å². The largest absolute Gasteiger partial charge is 0.465 e. The Hall–Kier alpha value is -2.70. The molecule has 0 bridgehead atoms. The summed E-state index contributed by atoms with van der Waals surface area (Å²) >= 11 is 0. The lowest BCUT2D eigenvalue weighted by Crippen LogP contribution is -2.39. The lowest BCUT2D eigenvalue weighted by atomic mass is 9.83. The monoisotopic (exact) mass is 392 g/mol. The van der Waals surface area contributed by atoms with Crippen LogP contribution in [0, 0.1) is 0 Å². The summed E-state index contributed by atoms with van der Waals surface area (Å²) in [6, 6.07) is 11.9. The van der Waals surface area contributed by atoms with Gasteiger partial charge >= 0.3 is 12.3 Å². The first-order chi connectivity index (χ1) is 13.0. The molecule has 150 valence electrons. The van der Waals surface area contributed by atoms with Crippen molar-refractivity contribution in [3.05, 3.63) is 65.2 Å². The van der Waals surface area contributed by atoms with Crippen LogP contribution in [0.2, 0.25) is 0 Å². The van der Waals surface area contributed by atoms with Crippen molar-refractivity contribution in [2.24, 2.45) is 0 Å². The fraction of sp³-hybridized carbons (Fsp3) is 0.381. The first-order valence-corrected chi connectivity index (χ1v) is 8.99. The highest BCUT2D eigenvalue weighted by Gasteiger charge is 2.45. The summed E-state index contributed by atoms with van der Waals surface area (Å²) in [6.07, 6.45) is -5.50. The van der Waals surface area contributed by atoms with E-state index in [1.807, 2.05) is 12.1 Å². The minimum absolute atomic E-state index is 0.107. The van der Waals surface area contributed by atoms with E-state index in [0.717, 1.165) is 13.5 Å². The summed E-state index contributed by atoms with van der Waals surface area (Å²) in [7, 11) is 0.922. The molecular weight excluding hydrogens is 369 g/mol.